The maximum atomic E-state index is 13.3. The Balaban J connectivity index is 2.99. The topological polar surface area (TPSA) is 0 Å². The molecule has 0 heterocycles. The smallest absolute Gasteiger partial charge is 0.127 e. The summed E-state index contributed by atoms with van der Waals surface area (Å²) in [6.07, 6.45) is 2.27. The summed E-state index contributed by atoms with van der Waals surface area (Å²) in [6.45, 7) is 6.10. The molecule has 16 heavy (non-hydrogen) atoms. The third kappa shape index (κ3) is 3.21. The highest BCUT2D eigenvalue weighted by molar-refractivity contribution is 9.09. The van der Waals surface area contributed by atoms with Gasteiger partial charge in [0.25, 0.3) is 0 Å². The molecule has 2 unspecified atom stereocenters. The number of alkyl halides is 1. The lowest BCUT2D eigenvalue weighted by atomic mass is 9.95. The van der Waals surface area contributed by atoms with E-state index in [1.165, 1.54) is 6.07 Å². The van der Waals surface area contributed by atoms with Crippen LogP contribution in [0.3, 0.4) is 0 Å². The normalized spacial score (nSPS) is 14.9. The van der Waals surface area contributed by atoms with Crippen LogP contribution in [0.2, 0.25) is 5.02 Å². The zero-order chi connectivity index (χ0) is 12.3. The summed E-state index contributed by atoms with van der Waals surface area (Å²) in [5.74, 6) is 0.254. The molecule has 0 saturated heterocycles. The summed E-state index contributed by atoms with van der Waals surface area (Å²) in [5, 5.41) is 0.507. The minimum absolute atomic E-state index is 0.194. The van der Waals surface area contributed by atoms with Crippen LogP contribution in [-0.4, -0.2) is 0 Å². The Morgan fingerprint density at radius 2 is 2.06 bits per heavy atom. The van der Waals surface area contributed by atoms with E-state index in [0.717, 1.165) is 18.4 Å². The highest BCUT2D eigenvalue weighted by Gasteiger charge is 2.19. The SMILES string of the molecule is CCCC(C)C(Br)c1cc(C)c(F)cc1Cl. The summed E-state index contributed by atoms with van der Waals surface area (Å²) in [6, 6.07) is 3.24. The maximum Gasteiger partial charge on any atom is 0.127 e. The van der Waals surface area contributed by atoms with Crippen LogP contribution >= 0.6 is 27.5 Å². The zero-order valence-corrected chi connectivity index (χ0v) is 12.2. The van der Waals surface area contributed by atoms with Crippen molar-refractivity contribution in [3.8, 4) is 0 Å². The first-order valence-corrected chi connectivity index (χ1v) is 6.86. The minimum atomic E-state index is -0.239. The van der Waals surface area contributed by atoms with E-state index in [1.54, 1.807) is 6.92 Å². The van der Waals surface area contributed by atoms with Crippen LogP contribution in [0.15, 0.2) is 12.1 Å². The van der Waals surface area contributed by atoms with E-state index < -0.39 is 0 Å². The third-order valence-electron chi connectivity index (χ3n) is 2.82. The largest absolute Gasteiger partial charge is 0.207 e. The Morgan fingerprint density at radius 3 is 2.62 bits per heavy atom. The van der Waals surface area contributed by atoms with Crippen molar-refractivity contribution in [2.45, 2.75) is 38.4 Å². The summed E-state index contributed by atoms with van der Waals surface area (Å²) in [4.78, 5) is 0.194. The van der Waals surface area contributed by atoms with Gasteiger partial charge in [-0.25, -0.2) is 4.39 Å². The summed E-state index contributed by atoms with van der Waals surface area (Å²) >= 11 is 9.73. The standard InChI is InChI=1S/C13H17BrClF/c1-4-5-8(2)13(14)10-6-9(3)12(16)7-11(10)15/h6-8,13H,4-5H2,1-3H3. The molecule has 1 aromatic carbocycles. The van der Waals surface area contributed by atoms with Crippen LogP contribution < -0.4 is 0 Å². The Morgan fingerprint density at radius 1 is 1.44 bits per heavy atom. The average Bonchev–Trinajstić information content (AvgIpc) is 2.23. The van der Waals surface area contributed by atoms with Crippen molar-refractivity contribution < 1.29 is 4.39 Å². The first-order chi connectivity index (χ1) is 7.47. The van der Waals surface area contributed by atoms with Crippen molar-refractivity contribution in [3.05, 3.63) is 34.1 Å². The Labute approximate surface area is 110 Å². The molecule has 0 radical (unpaired) electrons. The molecule has 0 nitrogen and oxygen atoms in total. The first-order valence-electron chi connectivity index (χ1n) is 5.57. The molecule has 0 aliphatic rings. The second-order valence-corrected chi connectivity index (χ2v) is 5.68. The van der Waals surface area contributed by atoms with E-state index in [-0.39, 0.29) is 10.6 Å². The predicted octanol–water partition coefficient (Wildman–Crippen LogP) is 5.66. The average molecular weight is 308 g/mol. The monoisotopic (exact) mass is 306 g/mol. The van der Waals surface area contributed by atoms with Gasteiger partial charge in [-0.15, -0.1) is 0 Å². The summed E-state index contributed by atoms with van der Waals surface area (Å²) in [5.41, 5.74) is 1.63. The molecule has 0 amide bonds. The van der Waals surface area contributed by atoms with Crippen LogP contribution in [0.4, 0.5) is 4.39 Å². The number of aryl methyl sites for hydroxylation is 1. The van der Waals surface area contributed by atoms with Gasteiger partial charge in [-0.3, -0.25) is 0 Å². The van der Waals surface area contributed by atoms with Crippen molar-refractivity contribution >= 4 is 27.5 Å². The van der Waals surface area contributed by atoms with Gasteiger partial charge >= 0.3 is 0 Å². The van der Waals surface area contributed by atoms with Gasteiger partial charge < -0.3 is 0 Å². The molecule has 0 aliphatic heterocycles. The molecular weight excluding hydrogens is 290 g/mol. The molecule has 0 N–H and O–H groups in total. The van der Waals surface area contributed by atoms with Crippen molar-refractivity contribution in [2.75, 3.05) is 0 Å². The molecule has 3 heteroatoms. The van der Waals surface area contributed by atoms with E-state index in [2.05, 4.69) is 29.8 Å². The van der Waals surface area contributed by atoms with E-state index in [0.29, 0.717) is 16.5 Å². The van der Waals surface area contributed by atoms with Crippen LogP contribution in [0, 0.1) is 18.7 Å². The van der Waals surface area contributed by atoms with E-state index in [4.69, 9.17) is 11.6 Å². The summed E-state index contributed by atoms with van der Waals surface area (Å²) < 4.78 is 13.3. The van der Waals surface area contributed by atoms with Crippen molar-refractivity contribution in [1.82, 2.24) is 0 Å². The number of hydrogen-bond donors (Lipinski definition) is 0. The molecule has 0 spiro atoms. The molecule has 0 bridgehead atoms. The molecule has 90 valence electrons. The van der Waals surface area contributed by atoms with E-state index in [1.807, 2.05) is 6.07 Å². The predicted molar refractivity (Wildman–Crippen MR) is 71.9 cm³/mol. The maximum absolute atomic E-state index is 13.3. The van der Waals surface area contributed by atoms with Gasteiger partial charge in [-0.1, -0.05) is 53.9 Å². The second-order valence-electron chi connectivity index (χ2n) is 4.29. The Hall–Kier alpha value is -0.0800. The van der Waals surface area contributed by atoms with Crippen LogP contribution in [0.1, 0.15) is 42.6 Å². The van der Waals surface area contributed by atoms with Gasteiger partial charge in [-0.2, -0.15) is 0 Å². The number of hydrogen-bond acceptors (Lipinski definition) is 0. The highest BCUT2D eigenvalue weighted by atomic mass is 79.9. The number of rotatable bonds is 4. The van der Waals surface area contributed by atoms with Gasteiger partial charge in [-0.05, 0) is 36.5 Å². The minimum Gasteiger partial charge on any atom is -0.207 e. The molecule has 0 aliphatic carbocycles. The lowest BCUT2D eigenvalue weighted by Gasteiger charge is -2.19. The van der Waals surface area contributed by atoms with E-state index in [9.17, 15) is 4.39 Å². The van der Waals surface area contributed by atoms with Crippen molar-refractivity contribution in [2.24, 2.45) is 5.92 Å². The van der Waals surface area contributed by atoms with Gasteiger partial charge in [0.05, 0.1) is 0 Å². The van der Waals surface area contributed by atoms with E-state index >= 15 is 0 Å². The summed E-state index contributed by atoms with van der Waals surface area (Å²) in [7, 11) is 0. The first kappa shape index (κ1) is 14.0. The van der Waals surface area contributed by atoms with Gasteiger partial charge in [0.2, 0.25) is 0 Å². The number of benzene rings is 1. The lowest BCUT2D eigenvalue weighted by Crippen LogP contribution is -2.04. The quantitative estimate of drug-likeness (QED) is 0.630. The molecule has 1 aromatic rings. The third-order valence-corrected chi connectivity index (χ3v) is 4.54. The fraction of sp³-hybridized carbons (Fsp3) is 0.538. The fourth-order valence-electron chi connectivity index (χ4n) is 1.80. The Kier molecular flexibility index (Phi) is 5.26. The molecule has 0 fully saturated rings. The second kappa shape index (κ2) is 6.02. The van der Waals surface area contributed by atoms with Gasteiger partial charge in [0.15, 0.2) is 0 Å². The van der Waals surface area contributed by atoms with Crippen LogP contribution in [0.25, 0.3) is 0 Å². The van der Waals surface area contributed by atoms with Crippen molar-refractivity contribution in [3.63, 3.8) is 0 Å². The van der Waals surface area contributed by atoms with Gasteiger partial charge in [0.1, 0.15) is 5.82 Å². The molecule has 0 saturated carbocycles. The molecule has 0 aromatic heterocycles. The molecule has 2 atom stereocenters. The molecular formula is C13H17BrClF. The molecule has 1 rings (SSSR count). The highest BCUT2D eigenvalue weighted by Crippen LogP contribution is 2.38. The van der Waals surface area contributed by atoms with Crippen LogP contribution in [0.5, 0.6) is 0 Å². The van der Waals surface area contributed by atoms with Crippen LogP contribution in [-0.2, 0) is 0 Å². The lowest BCUT2D eigenvalue weighted by molar-refractivity contribution is 0.517. The number of halogens is 3. The van der Waals surface area contributed by atoms with Crippen molar-refractivity contribution in [1.29, 1.82) is 0 Å². The zero-order valence-electron chi connectivity index (χ0n) is 9.86. The fourth-order valence-corrected chi connectivity index (χ4v) is 2.84. The van der Waals surface area contributed by atoms with Gasteiger partial charge in [0, 0.05) is 9.85 Å². The Bertz CT molecular complexity index is 365.